The van der Waals surface area contributed by atoms with E-state index in [1.54, 1.807) is 0 Å². The number of aliphatic hydroxyl groups excluding tert-OH is 1. The molecule has 4 heteroatoms. The third kappa shape index (κ3) is 8.00. The first kappa shape index (κ1) is 23.1. The van der Waals surface area contributed by atoms with Crippen molar-refractivity contribution in [2.75, 3.05) is 0 Å². The molecule has 29 heavy (non-hydrogen) atoms. The van der Waals surface area contributed by atoms with Gasteiger partial charge in [0, 0.05) is 19.1 Å². The number of hydrogen-bond acceptors (Lipinski definition) is 4. The van der Waals surface area contributed by atoms with Gasteiger partial charge in [-0.15, -0.1) is 0 Å². The van der Waals surface area contributed by atoms with Crippen LogP contribution in [0.2, 0.25) is 0 Å². The second kappa shape index (κ2) is 10.6. The van der Waals surface area contributed by atoms with Crippen molar-refractivity contribution < 1.29 is 14.6 Å². The van der Waals surface area contributed by atoms with Crippen LogP contribution >= 0.6 is 0 Å². The zero-order valence-electron chi connectivity index (χ0n) is 18.3. The van der Waals surface area contributed by atoms with Gasteiger partial charge in [0.2, 0.25) is 0 Å². The van der Waals surface area contributed by atoms with Gasteiger partial charge in [-0.25, -0.2) is 0 Å². The number of hydrogen-bond donors (Lipinski definition) is 1. The summed E-state index contributed by atoms with van der Waals surface area (Å²) in [6.07, 6.45) is -0.822. The van der Waals surface area contributed by atoms with Crippen molar-refractivity contribution in [3.05, 3.63) is 71.8 Å². The van der Waals surface area contributed by atoms with E-state index in [4.69, 9.17) is 4.74 Å². The van der Waals surface area contributed by atoms with Crippen LogP contribution in [0.5, 0.6) is 0 Å². The minimum atomic E-state index is -0.808. The molecule has 0 amide bonds. The van der Waals surface area contributed by atoms with Gasteiger partial charge < -0.3 is 9.84 Å². The van der Waals surface area contributed by atoms with Crippen LogP contribution < -0.4 is 0 Å². The Labute approximate surface area is 175 Å². The molecule has 0 fully saturated rings. The Morgan fingerprint density at radius 2 is 1.38 bits per heavy atom. The third-order valence-corrected chi connectivity index (χ3v) is 4.75. The van der Waals surface area contributed by atoms with E-state index in [0.717, 1.165) is 0 Å². The van der Waals surface area contributed by atoms with Crippen molar-refractivity contribution in [1.82, 2.24) is 4.90 Å². The van der Waals surface area contributed by atoms with Crippen LogP contribution in [-0.4, -0.2) is 33.7 Å². The van der Waals surface area contributed by atoms with Crippen molar-refractivity contribution in [2.45, 2.75) is 71.9 Å². The average Bonchev–Trinajstić information content (AvgIpc) is 2.61. The molecule has 0 saturated heterocycles. The van der Waals surface area contributed by atoms with Crippen LogP contribution in [-0.2, 0) is 22.6 Å². The van der Waals surface area contributed by atoms with Crippen LogP contribution in [0.1, 0.15) is 52.2 Å². The second-order valence-corrected chi connectivity index (χ2v) is 8.97. The predicted molar refractivity (Wildman–Crippen MR) is 117 cm³/mol. The molecule has 0 saturated carbocycles. The first-order valence-electron chi connectivity index (χ1n) is 10.4. The SMILES string of the molecule is CC(C)[C@@H]([C@H](O)CC(=O)OC(C)(C)C)N(Cc1ccccc1)Cc1ccccc1. The number of ether oxygens (including phenoxy) is 1. The summed E-state index contributed by atoms with van der Waals surface area (Å²) in [5, 5.41) is 11.0. The smallest absolute Gasteiger partial charge is 0.308 e. The van der Waals surface area contributed by atoms with Gasteiger partial charge in [-0.3, -0.25) is 9.69 Å². The number of benzene rings is 2. The quantitative estimate of drug-likeness (QED) is 0.617. The maximum Gasteiger partial charge on any atom is 0.308 e. The Morgan fingerprint density at radius 1 is 0.931 bits per heavy atom. The Hall–Kier alpha value is -2.17. The highest BCUT2D eigenvalue weighted by Crippen LogP contribution is 2.23. The average molecular weight is 398 g/mol. The fraction of sp³-hybridized carbons (Fsp3) is 0.480. The summed E-state index contributed by atoms with van der Waals surface area (Å²) in [5.74, 6) is -0.199. The molecule has 0 heterocycles. The molecule has 2 aromatic rings. The summed E-state index contributed by atoms with van der Waals surface area (Å²) in [5.41, 5.74) is 1.80. The minimum Gasteiger partial charge on any atom is -0.460 e. The maximum atomic E-state index is 12.3. The fourth-order valence-corrected chi connectivity index (χ4v) is 3.69. The normalized spacial score (nSPS) is 14.1. The molecule has 0 aliphatic heterocycles. The topological polar surface area (TPSA) is 49.8 Å². The van der Waals surface area contributed by atoms with Gasteiger partial charge in [0.25, 0.3) is 0 Å². The first-order chi connectivity index (χ1) is 13.7. The monoisotopic (exact) mass is 397 g/mol. The standard InChI is InChI=1S/C25H35NO3/c1-19(2)24(22(27)16-23(28)29-25(3,4)5)26(17-20-12-8-6-9-13-20)18-21-14-10-7-11-15-21/h6-15,19,22,24,27H,16-18H2,1-5H3/t22-,24+/m1/s1. The molecule has 158 valence electrons. The second-order valence-electron chi connectivity index (χ2n) is 8.97. The van der Waals surface area contributed by atoms with Gasteiger partial charge in [0.15, 0.2) is 0 Å². The highest BCUT2D eigenvalue weighted by atomic mass is 16.6. The lowest BCUT2D eigenvalue weighted by molar-refractivity contribution is -0.158. The van der Waals surface area contributed by atoms with Gasteiger partial charge in [0.05, 0.1) is 12.5 Å². The predicted octanol–water partition coefficient (Wildman–Crippen LogP) is 4.81. The fourth-order valence-electron chi connectivity index (χ4n) is 3.69. The Kier molecular flexibility index (Phi) is 8.42. The molecule has 0 aliphatic carbocycles. The van der Waals surface area contributed by atoms with Crippen LogP contribution in [0.25, 0.3) is 0 Å². The lowest BCUT2D eigenvalue weighted by Gasteiger charge is -2.38. The number of carbonyl (C=O) groups excluding carboxylic acids is 1. The van der Waals surface area contributed by atoms with E-state index in [1.165, 1.54) is 11.1 Å². The molecular formula is C25H35NO3. The molecule has 2 atom stereocenters. The zero-order chi connectivity index (χ0) is 21.4. The molecule has 4 nitrogen and oxygen atoms in total. The molecular weight excluding hydrogens is 362 g/mol. The molecule has 0 spiro atoms. The molecule has 0 bridgehead atoms. The zero-order valence-corrected chi connectivity index (χ0v) is 18.3. The van der Waals surface area contributed by atoms with Crippen LogP contribution in [0.4, 0.5) is 0 Å². The molecule has 0 aliphatic rings. The van der Waals surface area contributed by atoms with E-state index < -0.39 is 11.7 Å². The van der Waals surface area contributed by atoms with Crippen molar-refractivity contribution in [2.24, 2.45) is 5.92 Å². The van der Waals surface area contributed by atoms with Gasteiger partial charge in [-0.05, 0) is 37.8 Å². The lowest BCUT2D eigenvalue weighted by atomic mass is 9.93. The van der Waals surface area contributed by atoms with Crippen molar-refractivity contribution >= 4 is 5.97 Å². The van der Waals surface area contributed by atoms with Gasteiger partial charge in [-0.1, -0.05) is 74.5 Å². The molecule has 2 rings (SSSR count). The van der Waals surface area contributed by atoms with Crippen LogP contribution in [0.3, 0.4) is 0 Å². The number of esters is 1. The molecule has 1 N–H and O–H groups in total. The molecule has 0 aromatic heterocycles. The third-order valence-electron chi connectivity index (χ3n) is 4.75. The summed E-state index contributed by atoms with van der Waals surface area (Å²) in [6, 6.07) is 20.3. The Morgan fingerprint density at radius 3 is 1.76 bits per heavy atom. The van der Waals surface area contributed by atoms with Crippen LogP contribution in [0.15, 0.2) is 60.7 Å². The van der Waals surface area contributed by atoms with E-state index >= 15 is 0 Å². The summed E-state index contributed by atoms with van der Waals surface area (Å²) in [7, 11) is 0. The number of carbonyl (C=O) groups is 1. The van der Waals surface area contributed by atoms with E-state index in [9.17, 15) is 9.90 Å². The van der Waals surface area contributed by atoms with E-state index in [1.807, 2.05) is 57.2 Å². The van der Waals surface area contributed by atoms with Gasteiger partial charge in [-0.2, -0.15) is 0 Å². The minimum absolute atomic E-state index is 0.0137. The molecule has 2 aromatic carbocycles. The molecule has 0 unspecified atom stereocenters. The number of aliphatic hydroxyl groups is 1. The van der Waals surface area contributed by atoms with Crippen molar-refractivity contribution in [3.63, 3.8) is 0 Å². The van der Waals surface area contributed by atoms with Gasteiger partial charge in [0.1, 0.15) is 5.60 Å². The van der Waals surface area contributed by atoms with Crippen LogP contribution in [0, 0.1) is 5.92 Å². The lowest BCUT2D eigenvalue weighted by Crippen LogP contribution is -2.47. The summed E-state index contributed by atoms with van der Waals surface area (Å²) in [4.78, 5) is 14.6. The highest BCUT2D eigenvalue weighted by Gasteiger charge is 2.32. The Bertz CT molecular complexity index is 696. The highest BCUT2D eigenvalue weighted by molar-refractivity contribution is 5.70. The van der Waals surface area contributed by atoms with E-state index in [0.29, 0.717) is 13.1 Å². The van der Waals surface area contributed by atoms with E-state index in [2.05, 4.69) is 43.0 Å². The van der Waals surface area contributed by atoms with Crippen molar-refractivity contribution in [3.8, 4) is 0 Å². The van der Waals surface area contributed by atoms with Crippen molar-refractivity contribution in [1.29, 1.82) is 0 Å². The largest absolute Gasteiger partial charge is 0.460 e. The summed E-state index contributed by atoms with van der Waals surface area (Å²) >= 11 is 0. The maximum absolute atomic E-state index is 12.3. The van der Waals surface area contributed by atoms with E-state index in [-0.39, 0.29) is 24.3 Å². The van der Waals surface area contributed by atoms with Gasteiger partial charge >= 0.3 is 5.97 Å². The molecule has 0 radical (unpaired) electrons. The number of nitrogens with zero attached hydrogens (tertiary/aromatic N) is 1. The summed E-state index contributed by atoms with van der Waals surface area (Å²) in [6.45, 7) is 11.1. The first-order valence-corrected chi connectivity index (χ1v) is 10.4. The number of rotatable bonds is 9. The Balaban J connectivity index is 2.23. The summed E-state index contributed by atoms with van der Waals surface area (Å²) < 4.78 is 5.44.